The first kappa shape index (κ1) is 21.3. The van der Waals surface area contributed by atoms with E-state index >= 15 is 0 Å². The van der Waals surface area contributed by atoms with Gasteiger partial charge in [0.05, 0.1) is 0 Å². The molecule has 0 heterocycles. The molecule has 0 aromatic heterocycles. The Kier molecular flexibility index (Phi) is 15.3. The van der Waals surface area contributed by atoms with Gasteiger partial charge in [-0.2, -0.15) is 4.79 Å². The van der Waals surface area contributed by atoms with E-state index in [1.165, 1.54) is 0 Å². The first-order valence-electron chi connectivity index (χ1n) is 4.64. The van der Waals surface area contributed by atoms with Crippen molar-refractivity contribution in [1.29, 1.82) is 0 Å². The molecule has 0 amide bonds. The summed E-state index contributed by atoms with van der Waals surface area (Å²) < 4.78 is 0. The summed E-state index contributed by atoms with van der Waals surface area (Å²) in [5, 5.41) is 0. The molecule has 0 radical (unpaired) electrons. The Balaban J connectivity index is -0.000000563. The largest absolute Gasteiger partial charge is 2.00 e. The maximum atomic E-state index is 8.50. The van der Waals surface area contributed by atoms with Gasteiger partial charge in [-0.3, -0.25) is 4.90 Å². The number of nitrogens with zero attached hydrogens (tertiary/aromatic N) is 3. The summed E-state index contributed by atoms with van der Waals surface area (Å²) in [5.74, 6) is 0. The zero-order valence-corrected chi connectivity index (χ0v) is 14.1. The van der Waals surface area contributed by atoms with Crippen LogP contribution >= 0.6 is 0 Å². The Bertz CT molecular complexity index is 266. The van der Waals surface area contributed by atoms with Gasteiger partial charge in [-0.1, -0.05) is 26.0 Å². The Morgan fingerprint density at radius 3 is 1.94 bits per heavy atom. The minimum atomic E-state index is 0. The van der Waals surface area contributed by atoms with Crippen LogP contribution in [0.4, 0.5) is 0 Å². The van der Waals surface area contributed by atoms with Crippen LogP contribution in [0.25, 0.3) is 5.53 Å². The molecule has 6 heteroatoms. The van der Waals surface area contributed by atoms with Gasteiger partial charge in [-0.15, -0.1) is 0 Å². The number of hydrogen-bond acceptors (Lipinski definition) is 1. The Hall–Kier alpha value is 0.0234. The molecular weight excluding hydrogens is 298 g/mol. The van der Waals surface area contributed by atoms with E-state index < -0.39 is 0 Å². The fraction of sp³-hybridized carbons (Fsp3) is 0.500. The number of rotatable bonds is 3. The van der Waals surface area contributed by atoms with Crippen molar-refractivity contribution in [3.63, 3.8) is 0 Å². The molecule has 0 fully saturated rings. The number of hydrogen-bond donors (Lipinski definition) is 0. The average Bonchev–Trinajstić information content (AvgIpc) is 2.21. The molecule has 0 aromatic rings. The topological polar surface area (TPSA) is 39.6 Å². The van der Waals surface area contributed by atoms with Crippen molar-refractivity contribution in [2.75, 3.05) is 13.1 Å². The molecule has 0 aromatic carbocycles. The summed E-state index contributed by atoms with van der Waals surface area (Å²) in [6, 6.07) is 0.348. The second-order valence-corrected chi connectivity index (χ2v) is 2.95. The molecule has 0 bridgehead atoms. The van der Waals surface area contributed by atoms with Crippen LogP contribution in [0.5, 0.6) is 0 Å². The van der Waals surface area contributed by atoms with E-state index in [1.54, 1.807) is 0 Å². The van der Waals surface area contributed by atoms with Crippen LogP contribution in [0.1, 0.15) is 13.8 Å². The third-order valence-corrected chi connectivity index (χ3v) is 2.28. The number of allylic oxidation sites excluding steroid dienone is 2. The van der Waals surface area contributed by atoms with Gasteiger partial charge in [0, 0.05) is 18.2 Å². The maximum Gasteiger partial charge on any atom is 2.00 e. The second kappa shape index (κ2) is 11.5. The maximum absolute atomic E-state index is 8.50. The van der Waals surface area contributed by atoms with E-state index in [0.717, 1.165) is 13.1 Å². The van der Waals surface area contributed by atoms with Crippen LogP contribution in [0.2, 0.25) is 0 Å². The van der Waals surface area contributed by atoms with Gasteiger partial charge in [-0.25, -0.2) is 0 Å². The Morgan fingerprint density at radius 1 is 1.19 bits per heavy atom. The quantitative estimate of drug-likeness (QED) is 0.294. The minimum absolute atomic E-state index is 0. The molecule has 86 valence electrons. The molecular formula is C10H15Cl2N3Zn. The van der Waals surface area contributed by atoms with Crippen molar-refractivity contribution in [2.24, 2.45) is 0 Å². The van der Waals surface area contributed by atoms with Gasteiger partial charge < -0.3 is 30.3 Å². The molecule has 0 saturated carbocycles. The molecule has 3 nitrogen and oxygen atoms in total. The first-order chi connectivity index (χ1) is 6.31. The van der Waals surface area contributed by atoms with Gasteiger partial charge >= 0.3 is 25.2 Å². The Morgan fingerprint density at radius 2 is 1.62 bits per heavy atom. The van der Waals surface area contributed by atoms with Gasteiger partial charge in [0.2, 0.25) is 0 Å². The van der Waals surface area contributed by atoms with Crippen LogP contribution < -0.4 is 24.8 Å². The molecule has 0 unspecified atom stereocenters. The summed E-state index contributed by atoms with van der Waals surface area (Å²) in [5.41, 5.74) is 9.12. The predicted octanol–water partition coefficient (Wildman–Crippen LogP) is -4.50. The zero-order valence-electron chi connectivity index (χ0n) is 9.61. The normalized spacial score (nSPS) is 16.9. The molecule has 0 spiro atoms. The molecule has 16 heavy (non-hydrogen) atoms. The summed E-state index contributed by atoms with van der Waals surface area (Å²) in [7, 11) is 0. The summed E-state index contributed by atoms with van der Waals surface area (Å²) in [6.45, 7) is 6.34. The van der Waals surface area contributed by atoms with E-state index in [1.807, 2.05) is 24.3 Å². The van der Waals surface area contributed by atoms with Gasteiger partial charge in [0.25, 0.3) is 0 Å². The monoisotopic (exact) mass is 311 g/mol. The van der Waals surface area contributed by atoms with E-state index in [9.17, 15) is 0 Å². The van der Waals surface area contributed by atoms with Gasteiger partial charge in [0.1, 0.15) is 0 Å². The molecule has 0 atom stereocenters. The summed E-state index contributed by atoms with van der Waals surface area (Å²) in [6.07, 6.45) is 7.76. The third kappa shape index (κ3) is 5.93. The van der Waals surface area contributed by atoms with Crippen LogP contribution in [0.3, 0.4) is 0 Å². The third-order valence-electron chi connectivity index (χ3n) is 2.28. The van der Waals surface area contributed by atoms with Crippen molar-refractivity contribution in [3.05, 3.63) is 29.8 Å². The minimum Gasteiger partial charge on any atom is -1.00 e. The molecule has 0 N–H and O–H groups in total. The number of likely N-dealkylation sites (N-methyl/N-ethyl adjacent to an activating group) is 1. The Labute approximate surface area is 122 Å². The SMILES string of the molecule is CCN(CC)C1C=CC(=[N+]=[N-])C=C1.[Cl-].[Cl-].[Zn+2]. The summed E-state index contributed by atoms with van der Waals surface area (Å²) >= 11 is 0. The van der Waals surface area contributed by atoms with Crippen molar-refractivity contribution in [2.45, 2.75) is 19.9 Å². The van der Waals surface area contributed by atoms with E-state index in [-0.39, 0.29) is 44.3 Å². The second-order valence-electron chi connectivity index (χ2n) is 2.95. The van der Waals surface area contributed by atoms with Crippen LogP contribution in [0, 0.1) is 0 Å². The summed E-state index contributed by atoms with van der Waals surface area (Å²) in [4.78, 5) is 5.44. The first-order valence-corrected chi connectivity index (χ1v) is 4.64. The molecule has 0 aliphatic heterocycles. The standard InChI is InChI=1S/C10H15N3.2ClH.Zn/c1-3-13(4-2)10-7-5-9(12-11)6-8-10;;;/h5-8,10H,3-4H2,1-2H3;2*1H;/q;;;+2/p-2. The molecule has 1 aliphatic rings. The van der Waals surface area contributed by atoms with Crippen LogP contribution in [0.15, 0.2) is 24.3 Å². The van der Waals surface area contributed by atoms with E-state index in [0.29, 0.717) is 11.8 Å². The van der Waals surface area contributed by atoms with Crippen molar-refractivity contribution >= 4 is 5.71 Å². The molecule has 0 saturated heterocycles. The predicted molar refractivity (Wildman–Crippen MR) is 53.6 cm³/mol. The molecule has 1 rings (SSSR count). The fourth-order valence-electron chi connectivity index (χ4n) is 1.47. The van der Waals surface area contributed by atoms with Crippen molar-refractivity contribution < 1.29 is 49.1 Å². The van der Waals surface area contributed by atoms with Crippen molar-refractivity contribution in [1.82, 2.24) is 4.90 Å². The van der Waals surface area contributed by atoms with E-state index in [2.05, 4.69) is 23.5 Å². The number of halogens is 2. The van der Waals surface area contributed by atoms with Crippen LogP contribution in [-0.4, -0.2) is 34.5 Å². The van der Waals surface area contributed by atoms with Crippen molar-refractivity contribution in [3.8, 4) is 0 Å². The average molecular weight is 314 g/mol. The smallest absolute Gasteiger partial charge is 1.00 e. The van der Waals surface area contributed by atoms with Gasteiger partial charge in [-0.05, 0) is 13.1 Å². The molecule has 1 aliphatic carbocycles. The zero-order chi connectivity index (χ0) is 9.68. The van der Waals surface area contributed by atoms with E-state index in [4.69, 9.17) is 5.53 Å². The fourth-order valence-corrected chi connectivity index (χ4v) is 1.47. The van der Waals surface area contributed by atoms with Crippen LogP contribution in [-0.2, 0) is 19.5 Å². The van der Waals surface area contributed by atoms with Gasteiger partial charge in [0.15, 0.2) is 0 Å².